The summed E-state index contributed by atoms with van der Waals surface area (Å²) >= 11 is 0. The molecule has 1 aromatic carbocycles. The molecule has 0 spiro atoms. The topological polar surface area (TPSA) is 51.8 Å². The Morgan fingerprint density at radius 1 is 1.11 bits per heavy atom. The van der Waals surface area contributed by atoms with Gasteiger partial charge < -0.3 is 5.73 Å². The average Bonchev–Trinajstić information content (AvgIpc) is 2.36. The summed E-state index contributed by atoms with van der Waals surface area (Å²) in [7, 11) is 0. The van der Waals surface area contributed by atoms with Gasteiger partial charge in [-0.3, -0.25) is 0 Å². The Bertz CT molecular complexity index is 498. The van der Waals surface area contributed by atoms with Gasteiger partial charge in [0.15, 0.2) is 0 Å². The predicted octanol–water partition coefficient (Wildman–Crippen LogP) is 3.38. The number of rotatable bonds is 4. The Hall–Kier alpha value is -1.90. The molecule has 94 valence electrons. The van der Waals surface area contributed by atoms with Crippen LogP contribution in [0, 0.1) is 6.92 Å². The lowest BCUT2D eigenvalue weighted by Crippen LogP contribution is -1.98. The van der Waals surface area contributed by atoms with E-state index in [-0.39, 0.29) is 0 Å². The molecule has 0 atom stereocenters. The molecule has 0 aliphatic carbocycles. The van der Waals surface area contributed by atoms with Gasteiger partial charge in [0, 0.05) is 11.3 Å². The molecule has 0 fully saturated rings. The van der Waals surface area contributed by atoms with E-state index in [1.807, 2.05) is 13.0 Å². The number of hydrogen-bond acceptors (Lipinski definition) is 3. The van der Waals surface area contributed by atoms with Crippen LogP contribution in [0.3, 0.4) is 0 Å². The minimum Gasteiger partial charge on any atom is -0.368 e. The van der Waals surface area contributed by atoms with E-state index in [1.54, 1.807) is 0 Å². The molecular formula is C15H19N3. The van der Waals surface area contributed by atoms with Gasteiger partial charge in [0.2, 0.25) is 5.95 Å². The summed E-state index contributed by atoms with van der Waals surface area (Å²) < 4.78 is 0. The van der Waals surface area contributed by atoms with Gasteiger partial charge in [-0.1, -0.05) is 37.6 Å². The van der Waals surface area contributed by atoms with Crippen molar-refractivity contribution in [2.75, 3.05) is 5.73 Å². The van der Waals surface area contributed by atoms with Crippen molar-refractivity contribution in [2.45, 2.75) is 33.1 Å². The zero-order valence-corrected chi connectivity index (χ0v) is 11.0. The van der Waals surface area contributed by atoms with Crippen LogP contribution in [-0.2, 0) is 6.42 Å². The maximum atomic E-state index is 5.67. The van der Waals surface area contributed by atoms with E-state index in [0.717, 1.165) is 23.4 Å². The van der Waals surface area contributed by atoms with Crippen molar-refractivity contribution in [3.63, 3.8) is 0 Å². The van der Waals surface area contributed by atoms with Crippen LogP contribution in [0.5, 0.6) is 0 Å². The molecule has 2 aromatic rings. The summed E-state index contributed by atoms with van der Waals surface area (Å²) in [4.78, 5) is 8.35. The van der Waals surface area contributed by atoms with Crippen molar-refractivity contribution in [1.82, 2.24) is 9.97 Å². The minimum absolute atomic E-state index is 0.333. The molecule has 18 heavy (non-hydrogen) atoms. The Balaban J connectivity index is 2.23. The van der Waals surface area contributed by atoms with Gasteiger partial charge in [0.25, 0.3) is 0 Å². The van der Waals surface area contributed by atoms with Crippen molar-refractivity contribution >= 4 is 5.95 Å². The van der Waals surface area contributed by atoms with Gasteiger partial charge >= 0.3 is 0 Å². The molecule has 0 unspecified atom stereocenters. The fourth-order valence-corrected chi connectivity index (χ4v) is 1.96. The summed E-state index contributed by atoms with van der Waals surface area (Å²) in [5, 5.41) is 0. The highest BCUT2D eigenvalue weighted by molar-refractivity contribution is 5.60. The monoisotopic (exact) mass is 241 g/mol. The molecule has 3 heteroatoms. The quantitative estimate of drug-likeness (QED) is 0.892. The number of anilines is 1. The Morgan fingerprint density at radius 2 is 1.83 bits per heavy atom. The molecule has 1 aromatic heterocycles. The maximum absolute atomic E-state index is 5.67. The SMILES string of the molecule is CCCCc1ccc(-c2cc(C)nc(N)n2)cc1. The van der Waals surface area contributed by atoms with Gasteiger partial charge in [-0.2, -0.15) is 0 Å². The third-order valence-corrected chi connectivity index (χ3v) is 2.94. The standard InChI is InChI=1S/C15H19N3/c1-3-4-5-12-6-8-13(9-7-12)14-10-11(2)17-15(16)18-14/h6-10H,3-5H2,1-2H3,(H2,16,17,18). The first-order chi connectivity index (χ1) is 8.69. The molecule has 0 saturated carbocycles. The summed E-state index contributed by atoms with van der Waals surface area (Å²) in [6, 6.07) is 10.5. The second kappa shape index (κ2) is 5.63. The Labute approximate surface area is 108 Å². The Morgan fingerprint density at radius 3 is 2.44 bits per heavy atom. The molecule has 2 rings (SSSR count). The van der Waals surface area contributed by atoms with E-state index in [2.05, 4.69) is 41.2 Å². The first-order valence-corrected chi connectivity index (χ1v) is 6.39. The predicted molar refractivity (Wildman–Crippen MR) is 75.2 cm³/mol. The second-order valence-electron chi connectivity index (χ2n) is 4.55. The van der Waals surface area contributed by atoms with Crippen LogP contribution >= 0.6 is 0 Å². The number of nitrogens with zero attached hydrogens (tertiary/aromatic N) is 2. The van der Waals surface area contributed by atoms with Gasteiger partial charge in [0.05, 0.1) is 5.69 Å². The van der Waals surface area contributed by atoms with E-state index in [1.165, 1.54) is 18.4 Å². The highest BCUT2D eigenvalue weighted by Crippen LogP contribution is 2.19. The lowest BCUT2D eigenvalue weighted by molar-refractivity contribution is 0.795. The smallest absolute Gasteiger partial charge is 0.220 e. The normalized spacial score (nSPS) is 10.6. The molecule has 1 heterocycles. The van der Waals surface area contributed by atoms with Gasteiger partial charge in [-0.25, -0.2) is 9.97 Å². The lowest BCUT2D eigenvalue weighted by atomic mass is 10.0. The van der Waals surface area contributed by atoms with Crippen LogP contribution in [0.25, 0.3) is 11.3 Å². The average molecular weight is 241 g/mol. The summed E-state index contributed by atoms with van der Waals surface area (Å²) in [6.07, 6.45) is 3.60. The number of nitrogen functional groups attached to an aromatic ring is 1. The van der Waals surface area contributed by atoms with E-state index >= 15 is 0 Å². The van der Waals surface area contributed by atoms with Crippen LogP contribution < -0.4 is 5.73 Å². The van der Waals surface area contributed by atoms with Crippen molar-refractivity contribution in [3.8, 4) is 11.3 Å². The molecule has 2 N–H and O–H groups in total. The molecule has 0 saturated heterocycles. The van der Waals surface area contributed by atoms with E-state index in [0.29, 0.717) is 5.95 Å². The van der Waals surface area contributed by atoms with Crippen LogP contribution in [0.2, 0.25) is 0 Å². The van der Waals surface area contributed by atoms with Crippen LogP contribution in [-0.4, -0.2) is 9.97 Å². The van der Waals surface area contributed by atoms with Gasteiger partial charge in [0.1, 0.15) is 0 Å². The fraction of sp³-hybridized carbons (Fsp3) is 0.333. The van der Waals surface area contributed by atoms with E-state index < -0.39 is 0 Å². The molecule has 0 amide bonds. The molecule has 0 aliphatic heterocycles. The lowest BCUT2D eigenvalue weighted by Gasteiger charge is -2.05. The highest BCUT2D eigenvalue weighted by atomic mass is 15.0. The first kappa shape index (κ1) is 12.6. The number of unbranched alkanes of at least 4 members (excludes halogenated alkanes) is 1. The van der Waals surface area contributed by atoms with Crippen molar-refractivity contribution in [2.24, 2.45) is 0 Å². The molecule has 3 nitrogen and oxygen atoms in total. The maximum Gasteiger partial charge on any atom is 0.220 e. The number of aromatic nitrogens is 2. The zero-order valence-electron chi connectivity index (χ0n) is 11.0. The van der Waals surface area contributed by atoms with Crippen molar-refractivity contribution in [3.05, 3.63) is 41.6 Å². The summed E-state index contributed by atoms with van der Waals surface area (Å²) in [5.41, 5.74) is 9.92. The Kier molecular flexibility index (Phi) is 3.92. The molecule has 0 radical (unpaired) electrons. The van der Waals surface area contributed by atoms with Gasteiger partial charge in [-0.05, 0) is 31.4 Å². The number of nitrogens with two attached hydrogens (primary N) is 1. The molecule has 0 bridgehead atoms. The number of aryl methyl sites for hydroxylation is 2. The van der Waals surface area contributed by atoms with E-state index in [9.17, 15) is 0 Å². The van der Waals surface area contributed by atoms with Crippen molar-refractivity contribution < 1.29 is 0 Å². The van der Waals surface area contributed by atoms with Crippen LogP contribution in [0.1, 0.15) is 31.0 Å². The van der Waals surface area contributed by atoms with Crippen LogP contribution in [0.4, 0.5) is 5.95 Å². The zero-order chi connectivity index (χ0) is 13.0. The summed E-state index contributed by atoms with van der Waals surface area (Å²) in [6.45, 7) is 4.14. The molecule has 0 aliphatic rings. The van der Waals surface area contributed by atoms with Crippen LogP contribution in [0.15, 0.2) is 30.3 Å². The summed E-state index contributed by atoms with van der Waals surface area (Å²) in [5.74, 6) is 0.333. The third-order valence-electron chi connectivity index (χ3n) is 2.94. The minimum atomic E-state index is 0.333. The van der Waals surface area contributed by atoms with Gasteiger partial charge in [-0.15, -0.1) is 0 Å². The fourth-order valence-electron chi connectivity index (χ4n) is 1.96. The van der Waals surface area contributed by atoms with Crippen molar-refractivity contribution in [1.29, 1.82) is 0 Å². The number of benzene rings is 1. The largest absolute Gasteiger partial charge is 0.368 e. The third kappa shape index (κ3) is 3.06. The molecular weight excluding hydrogens is 222 g/mol. The van der Waals surface area contributed by atoms with E-state index in [4.69, 9.17) is 5.73 Å². The first-order valence-electron chi connectivity index (χ1n) is 6.39. The highest BCUT2D eigenvalue weighted by Gasteiger charge is 2.02. The number of hydrogen-bond donors (Lipinski definition) is 1. The second-order valence-corrected chi connectivity index (χ2v) is 4.55.